The number of aromatic nitrogens is 2. The third kappa shape index (κ3) is 7.98. The van der Waals surface area contributed by atoms with Gasteiger partial charge in [-0.1, -0.05) is 30.3 Å². The molecule has 3 amide bonds. The number of carboxylic acids is 1. The average molecular weight is 475 g/mol. The maximum absolute atomic E-state index is 13.1. The molecule has 0 saturated heterocycles. The second-order valence-corrected chi connectivity index (χ2v) is 7.93. The summed E-state index contributed by atoms with van der Waals surface area (Å²) in [5.41, 5.74) is 7.36. The summed E-state index contributed by atoms with van der Waals surface area (Å²) in [6.07, 6.45) is 1.91. The normalized spacial score (nSPS) is 15.3. The third-order valence-electron chi connectivity index (χ3n) is 5.04. The van der Waals surface area contributed by atoms with Gasteiger partial charge in [-0.15, -0.1) is 0 Å². The Bertz CT molecular complexity index is 966. The van der Waals surface area contributed by atoms with E-state index in [9.17, 15) is 24.3 Å². The summed E-state index contributed by atoms with van der Waals surface area (Å²) >= 11 is 0. The van der Waals surface area contributed by atoms with Gasteiger partial charge in [-0.05, 0) is 19.4 Å². The average Bonchev–Trinajstić information content (AvgIpc) is 3.30. The summed E-state index contributed by atoms with van der Waals surface area (Å²) in [6, 6.07) is 4.12. The zero-order valence-electron chi connectivity index (χ0n) is 18.9. The molecule has 8 N–H and O–H groups in total. The summed E-state index contributed by atoms with van der Waals surface area (Å²) in [6.45, 7) is 2.53. The van der Waals surface area contributed by atoms with E-state index in [1.54, 1.807) is 30.3 Å². The quantitative estimate of drug-likeness (QED) is 0.192. The van der Waals surface area contributed by atoms with Gasteiger partial charge in [0.25, 0.3) is 0 Å². The Labute approximate surface area is 196 Å². The smallest absolute Gasteiger partial charge is 0.325 e. The highest BCUT2D eigenvalue weighted by atomic mass is 16.4. The molecular weight excluding hydrogens is 444 g/mol. The van der Waals surface area contributed by atoms with Gasteiger partial charge >= 0.3 is 5.97 Å². The van der Waals surface area contributed by atoms with Crippen LogP contribution < -0.4 is 21.7 Å². The number of nitrogens with zero attached hydrogens (tertiary/aromatic N) is 1. The van der Waals surface area contributed by atoms with Crippen LogP contribution in [0, 0.1) is 0 Å². The number of hydrogen-bond donors (Lipinski definition) is 7. The van der Waals surface area contributed by atoms with Crippen molar-refractivity contribution in [1.82, 2.24) is 25.9 Å². The number of hydrogen-bond acceptors (Lipinski definition) is 7. The molecular formula is C22H30N6O6. The molecule has 2 rings (SSSR count). The highest BCUT2D eigenvalue weighted by Crippen LogP contribution is 2.06. The molecule has 0 fully saturated rings. The SMILES string of the molecule is CC(NC(=O)C(NC(=O)C(Cc1ccccc1)NC(=O)C(N)Cc1cnc[nH]1)C(C)O)C(=O)O. The monoisotopic (exact) mass is 474 g/mol. The molecule has 1 aromatic carbocycles. The van der Waals surface area contributed by atoms with Crippen LogP contribution in [0.25, 0.3) is 0 Å². The molecule has 0 bridgehead atoms. The van der Waals surface area contributed by atoms with E-state index in [2.05, 4.69) is 25.9 Å². The van der Waals surface area contributed by atoms with Crippen molar-refractivity contribution in [2.45, 2.75) is 57.0 Å². The summed E-state index contributed by atoms with van der Waals surface area (Å²) in [5.74, 6) is -3.48. The summed E-state index contributed by atoms with van der Waals surface area (Å²) in [7, 11) is 0. The van der Waals surface area contributed by atoms with Crippen LogP contribution in [0.15, 0.2) is 42.9 Å². The minimum atomic E-state index is -1.44. The Morgan fingerprint density at radius 1 is 1.00 bits per heavy atom. The number of nitrogens with one attached hydrogen (secondary N) is 4. The van der Waals surface area contributed by atoms with E-state index in [1.807, 2.05) is 0 Å². The molecule has 12 nitrogen and oxygen atoms in total. The van der Waals surface area contributed by atoms with E-state index in [4.69, 9.17) is 10.8 Å². The van der Waals surface area contributed by atoms with E-state index in [-0.39, 0.29) is 12.8 Å². The number of imidazole rings is 1. The Hall–Kier alpha value is -3.77. The minimum Gasteiger partial charge on any atom is -0.480 e. The molecule has 0 aliphatic carbocycles. The second kappa shape index (κ2) is 12.5. The summed E-state index contributed by atoms with van der Waals surface area (Å²) in [5, 5.41) is 26.2. The van der Waals surface area contributed by atoms with Crippen LogP contribution in [-0.4, -0.2) is 74.1 Å². The number of nitrogens with two attached hydrogens (primary N) is 1. The van der Waals surface area contributed by atoms with Gasteiger partial charge < -0.3 is 36.9 Å². The fourth-order valence-electron chi connectivity index (χ4n) is 3.09. The van der Waals surface area contributed by atoms with Crippen LogP contribution in [-0.2, 0) is 32.0 Å². The molecule has 0 saturated carbocycles. The van der Waals surface area contributed by atoms with Crippen LogP contribution in [0.5, 0.6) is 0 Å². The molecule has 0 aliphatic heterocycles. The van der Waals surface area contributed by atoms with Gasteiger partial charge in [0.05, 0.1) is 18.5 Å². The standard InChI is InChI=1S/C22H30N6O6/c1-12(22(33)34)26-21(32)18(13(2)29)28-20(31)17(8-14-6-4-3-5-7-14)27-19(30)16(23)9-15-10-24-11-25-15/h3-7,10-13,16-18,29H,8-9,23H2,1-2H3,(H,24,25)(H,26,32)(H,27,30)(H,28,31)(H,33,34). The zero-order valence-corrected chi connectivity index (χ0v) is 18.9. The molecule has 0 spiro atoms. The maximum atomic E-state index is 13.1. The van der Waals surface area contributed by atoms with E-state index in [1.165, 1.54) is 26.4 Å². The highest BCUT2D eigenvalue weighted by Gasteiger charge is 2.32. The Morgan fingerprint density at radius 3 is 2.24 bits per heavy atom. The van der Waals surface area contributed by atoms with Gasteiger partial charge in [0.2, 0.25) is 17.7 Å². The van der Waals surface area contributed by atoms with Crippen molar-refractivity contribution < 1.29 is 29.4 Å². The Kier molecular flexibility index (Phi) is 9.71. The van der Waals surface area contributed by atoms with Crippen LogP contribution in [0.2, 0.25) is 0 Å². The van der Waals surface area contributed by atoms with E-state index < -0.39 is 54.0 Å². The maximum Gasteiger partial charge on any atom is 0.325 e. The summed E-state index contributed by atoms with van der Waals surface area (Å²) in [4.78, 5) is 56.0. The number of H-pyrrole nitrogens is 1. The van der Waals surface area contributed by atoms with Crippen molar-refractivity contribution in [2.75, 3.05) is 0 Å². The van der Waals surface area contributed by atoms with Crippen molar-refractivity contribution in [3.05, 3.63) is 54.1 Å². The number of aliphatic carboxylic acids is 1. The van der Waals surface area contributed by atoms with Gasteiger partial charge in [0.15, 0.2) is 0 Å². The number of carbonyl (C=O) groups is 4. The van der Waals surface area contributed by atoms with E-state index in [0.29, 0.717) is 5.69 Å². The largest absolute Gasteiger partial charge is 0.480 e. The van der Waals surface area contributed by atoms with Gasteiger partial charge in [0, 0.05) is 24.7 Å². The topological polar surface area (TPSA) is 200 Å². The number of aromatic amines is 1. The van der Waals surface area contributed by atoms with Gasteiger partial charge in [-0.3, -0.25) is 19.2 Å². The van der Waals surface area contributed by atoms with Crippen LogP contribution >= 0.6 is 0 Å². The first-order valence-electron chi connectivity index (χ1n) is 10.7. The van der Waals surface area contributed by atoms with Crippen LogP contribution in [0.1, 0.15) is 25.1 Å². The molecule has 1 heterocycles. The molecule has 0 radical (unpaired) electrons. The van der Waals surface area contributed by atoms with E-state index in [0.717, 1.165) is 5.56 Å². The number of amides is 3. The van der Waals surface area contributed by atoms with Crippen LogP contribution in [0.4, 0.5) is 0 Å². The summed E-state index contributed by atoms with van der Waals surface area (Å²) < 4.78 is 0. The fraction of sp³-hybridized carbons (Fsp3) is 0.409. The first-order valence-corrected chi connectivity index (χ1v) is 10.7. The van der Waals surface area contributed by atoms with Crippen LogP contribution in [0.3, 0.4) is 0 Å². The van der Waals surface area contributed by atoms with Gasteiger partial charge in [-0.2, -0.15) is 0 Å². The first-order chi connectivity index (χ1) is 16.1. The minimum absolute atomic E-state index is 0.0921. The molecule has 184 valence electrons. The number of carboxylic acid groups (broad SMARTS) is 1. The zero-order chi connectivity index (χ0) is 25.3. The second-order valence-electron chi connectivity index (χ2n) is 7.93. The first kappa shape index (κ1) is 26.5. The number of benzene rings is 1. The van der Waals surface area contributed by atoms with E-state index >= 15 is 0 Å². The number of rotatable bonds is 12. The number of carbonyl (C=O) groups excluding carboxylic acids is 3. The third-order valence-corrected chi connectivity index (χ3v) is 5.04. The predicted molar refractivity (Wildman–Crippen MR) is 121 cm³/mol. The Balaban J connectivity index is 2.15. The highest BCUT2D eigenvalue weighted by molar-refractivity contribution is 5.94. The van der Waals surface area contributed by atoms with Crippen molar-refractivity contribution >= 4 is 23.7 Å². The lowest BCUT2D eigenvalue weighted by Gasteiger charge is -2.26. The Morgan fingerprint density at radius 2 is 1.68 bits per heavy atom. The van der Waals surface area contributed by atoms with Gasteiger partial charge in [0.1, 0.15) is 18.1 Å². The van der Waals surface area contributed by atoms with Crippen molar-refractivity contribution in [2.24, 2.45) is 5.73 Å². The number of aliphatic hydroxyl groups is 1. The predicted octanol–water partition coefficient (Wildman–Crippen LogP) is -1.54. The van der Waals surface area contributed by atoms with Crippen molar-refractivity contribution in [1.29, 1.82) is 0 Å². The van der Waals surface area contributed by atoms with Crippen molar-refractivity contribution in [3.8, 4) is 0 Å². The van der Waals surface area contributed by atoms with Crippen molar-refractivity contribution in [3.63, 3.8) is 0 Å². The molecule has 12 heteroatoms. The number of aliphatic hydroxyl groups excluding tert-OH is 1. The lowest BCUT2D eigenvalue weighted by molar-refractivity contribution is -0.142. The molecule has 1 aromatic heterocycles. The molecule has 5 atom stereocenters. The van der Waals surface area contributed by atoms with Gasteiger partial charge in [-0.25, -0.2) is 4.98 Å². The molecule has 2 aromatic rings. The molecule has 34 heavy (non-hydrogen) atoms. The molecule has 0 aliphatic rings. The lowest BCUT2D eigenvalue weighted by Crippen LogP contribution is -2.60. The lowest BCUT2D eigenvalue weighted by atomic mass is 10.0. The fourth-order valence-corrected chi connectivity index (χ4v) is 3.09. The molecule has 5 unspecified atom stereocenters.